The lowest BCUT2D eigenvalue weighted by Crippen LogP contribution is -2.54. The van der Waals surface area contributed by atoms with Crippen LogP contribution in [0.4, 0.5) is 23.7 Å². The number of likely N-dealkylation sites (tertiary alicyclic amines) is 1. The standard InChI is InChI=1S/C41H49F3N4O5/c1-25(2)48(35(49)29-21-32-33(22-31(29)41(42,43)44)52-39(6,7)36(50)47(32)19-17-45)34-23-40(34)24-46(37(51)53-38(3,4)5)18-16-30(40)28-15-11-14-27(20-28)26-12-9-8-10-13-26/h8-15,20-22,25,30,34H,16-19,23-24,45H2,1-7H3/t30?,34?,40-/m1/s1. The summed E-state index contributed by atoms with van der Waals surface area (Å²) in [6.07, 6.45) is -4.33. The zero-order chi connectivity index (χ0) is 38.7. The summed E-state index contributed by atoms with van der Waals surface area (Å²) in [5, 5.41) is 0. The number of carbonyl (C=O) groups is 3. The predicted molar refractivity (Wildman–Crippen MR) is 197 cm³/mol. The van der Waals surface area contributed by atoms with Crippen LogP contribution in [-0.2, 0) is 15.7 Å². The molecule has 3 aromatic rings. The molecule has 2 heterocycles. The van der Waals surface area contributed by atoms with Gasteiger partial charge in [-0.2, -0.15) is 13.2 Å². The van der Waals surface area contributed by atoms with Gasteiger partial charge in [0, 0.05) is 43.7 Å². The number of hydrogen-bond acceptors (Lipinski definition) is 6. The molecule has 6 rings (SSSR count). The molecule has 3 atom stereocenters. The monoisotopic (exact) mass is 734 g/mol. The second-order valence-electron chi connectivity index (χ2n) is 16.2. The van der Waals surface area contributed by atoms with Crippen LogP contribution in [0.1, 0.15) is 88.7 Å². The van der Waals surface area contributed by atoms with Crippen LogP contribution in [0.15, 0.2) is 66.7 Å². The number of benzene rings is 3. The summed E-state index contributed by atoms with van der Waals surface area (Å²) >= 11 is 0. The molecule has 2 fully saturated rings. The van der Waals surface area contributed by atoms with Gasteiger partial charge >= 0.3 is 12.3 Å². The Kier molecular flexibility index (Phi) is 9.85. The maximum atomic E-state index is 14.9. The molecule has 9 nitrogen and oxygen atoms in total. The number of rotatable bonds is 7. The third-order valence-electron chi connectivity index (χ3n) is 10.5. The van der Waals surface area contributed by atoms with E-state index in [0.717, 1.165) is 28.8 Å². The Morgan fingerprint density at radius 1 is 1.02 bits per heavy atom. The van der Waals surface area contributed by atoms with Gasteiger partial charge in [-0.15, -0.1) is 0 Å². The molecule has 2 N–H and O–H groups in total. The van der Waals surface area contributed by atoms with E-state index in [-0.39, 0.29) is 37.0 Å². The maximum Gasteiger partial charge on any atom is 0.417 e. The highest BCUT2D eigenvalue weighted by Gasteiger charge is 2.65. The number of fused-ring (bicyclic) bond motifs is 1. The minimum absolute atomic E-state index is 0.0292. The molecule has 0 radical (unpaired) electrons. The molecule has 1 saturated heterocycles. The second-order valence-corrected chi connectivity index (χ2v) is 16.2. The van der Waals surface area contributed by atoms with E-state index in [4.69, 9.17) is 15.2 Å². The summed E-state index contributed by atoms with van der Waals surface area (Å²) in [5.41, 5.74) is 4.44. The molecule has 0 bridgehead atoms. The Hall–Kier alpha value is -4.58. The lowest BCUT2D eigenvalue weighted by molar-refractivity contribution is -0.138. The summed E-state index contributed by atoms with van der Waals surface area (Å²) < 4.78 is 56.2. The van der Waals surface area contributed by atoms with Crippen LogP contribution in [0.5, 0.6) is 5.75 Å². The third-order valence-corrected chi connectivity index (χ3v) is 10.5. The van der Waals surface area contributed by atoms with Crippen LogP contribution < -0.4 is 15.4 Å². The van der Waals surface area contributed by atoms with Gasteiger partial charge < -0.3 is 29.9 Å². The first-order valence-electron chi connectivity index (χ1n) is 18.2. The van der Waals surface area contributed by atoms with Gasteiger partial charge in [0.15, 0.2) is 5.60 Å². The fourth-order valence-corrected chi connectivity index (χ4v) is 8.14. The van der Waals surface area contributed by atoms with Crippen molar-refractivity contribution in [2.45, 2.75) is 96.7 Å². The molecule has 3 aromatic carbocycles. The molecule has 53 heavy (non-hydrogen) atoms. The minimum atomic E-state index is -4.91. The summed E-state index contributed by atoms with van der Waals surface area (Å²) in [7, 11) is 0. The molecule has 2 aliphatic heterocycles. The average Bonchev–Trinajstić information content (AvgIpc) is 3.76. The van der Waals surface area contributed by atoms with Crippen molar-refractivity contribution in [3.8, 4) is 16.9 Å². The van der Waals surface area contributed by atoms with Crippen molar-refractivity contribution in [1.29, 1.82) is 0 Å². The van der Waals surface area contributed by atoms with Crippen molar-refractivity contribution in [1.82, 2.24) is 9.80 Å². The Bertz CT molecular complexity index is 1890. The van der Waals surface area contributed by atoms with Crippen molar-refractivity contribution in [3.63, 3.8) is 0 Å². The van der Waals surface area contributed by atoms with E-state index >= 15 is 0 Å². The van der Waals surface area contributed by atoms with E-state index in [1.165, 1.54) is 23.6 Å². The average molecular weight is 735 g/mol. The zero-order valence-electron chi connectivity index (χ0n) is 31.4. The van der Waals surface area contributed by atoms with Crippen molar-refractivity contribution in [2.24, 2.45) is 11.1 Å². The Labute approximate surface area is 309 Å². The van der Waals surface area contributed by atoms with Crippen LogP contribution in [0.3, 0.4) is 0 Å². The molecule has 1 saturated carbocycles. The summed E-state index contributed by atoms with van der Waals surface area (Å²) in [5.74, 6) is -1.54. The van der Waals surface area contributed by atoms with Crippen LogP contribution in [-0.4, -0.2) is 77.2 Å². The smallest absolute Gasteiger partial charge is 0.417 e. The molecule has 1 spiro atoms. The lowest BCUT2D eigenvalue weighted by atomic mass is 9.76. The normalized spacial score (nSPS) is 22.4. The molecule has 2 unspecified atom stereocenters. The molecule has 12 heteroatoms. The van der Waals surface area contributed by atoms with Gasteiger partial charge in [-0.05, 0) is 96.0 Å². The van der Waals surface area contributed by atoms with E-state index in [2.05, 4.69) is 12.1 Å². The number of nitrogens with zero attached hydrogens (tertiary/aromatic N) is 3. The molecular formula is C41H49F3N4O5. The van der Waals surface area contributed by atoms with Gasteiger partial charge in [-0.1, -0.05) is 54.6 Å². The van der Waals surface area contributed by atoms with E-state index in [9.17, 15) is 27.6 Å². The quantitative estimate of drug-likeness (QED) is 0.265. The van der Waals surface area contributed by atoms with Crippen LogP contribution >= 0.6 is 0 Å². The zero-order valence-corrected chi connectivity index (χ0v) is 31.4. The van der Waals surface area contributed by atoms with E-state index < -0.39 is 63.9 Å². The van der Waals surface area contributed by atoms with Gasteiger partial charge in [0.25, 0.3) is 11.8 Å². The minimum Gasteiger partial charge on any atom is -0.476 e. The number of hydrogen-bond donors (Lipinski definition) is 1. The van der Waals surface area contributed by atoms with Crippen LogP contribution in [0, 0.1) is 5.41 Å². The molecule has 0 aromatic heterocycles. The van der Waals surface area contributed by atoms with Gasteiger partial charge in [-0.25, -0.2) is 4.79 Å². The lowest BCUT2D eigenvalue weighted by Gasteiger charge is -2.42. The maximum absolute atomic E-state index is 14.9. The fourth-order valence-electron chi connectivity index (χ4n) is 8.14. The number of carbonyl (C=O) groups excluding carboxylic acids is 3. The summed E-state index contributed by atoms with van der Waals surface area (Å²) in [4.78, 5) is 46.1. The second kappa shape index (κ2) is 13.7. The number of amides is 3. The van der Waals surface area contributed by atoms with Crippen molar-refractivity contribution >= 4 is 23.6 Å². The third kappa shape index (κ3) is 7.34. The van der Waals surface area contributed by atoms with Gasteiger partial charge in [0.1, 0.15) is 11.4 Å². The van der Waals surface area contributed by atoms with Gasteiger partial charge in [0.05, 0.1) is 16.8 Å². The van der Waals surface area contributed by atoms with E-state index in [1.54, 1.807) is 39.5 Å². The van der Waals surface area contributed by atoms with Crippen LogP contribution in [0.2, 0.25) is 0 Å². The number of nitrogens with two attached hydrogens (primary N) is 1. The largest absolute Gasteiger partial charge is 0.476 e. The molecular weight excluding hydrogens is 685 g/mol. The number of ether oxygens (including phenoxy) is 2. The van der Waals surface area contributed by atoms with Crippen molar-refractivity contribution in [2.75, 3.05) is 31.1 Å². The molecule has 1 aliphatic carbocycles. The molecule has 3 aliphatic rings. The van der Waals surface area contributed by atoms with Gasteiger partial charge in [-0.3, -0.25) is 9.59 Å². The number of halogens is 3. The first-order valence-corrected chi connectivity index (χ1v) is 18.2. The Balaban J connectivity index is 1.43. The van der Waals surface area contributed by atoms with Crippen LogP contribution in [0.25, 0.3) is 11.1 Å². The number of anilines is 1. The van der Waals surface area contributed by atoms with Crippen molar-refractivity contribution in [3.05, 3.63) is 83.4 Å². The number of alkyl halides is 3. The first-order chi connectivity index (χ1) is 24.8. The predicted octanol–water partition coefficient (Wildman–Crippen LogP) is 7.87. The molecule has 284 valence electrons. The van der Waals surface area contributed by atoms with Crippen molar-refractivity contribution < 1.29 is 37.0 Å². The Morgan fingerprint density at radius 3 is 2.32 bits per heavy atom. The molecule has 3 amide bonds. The summed E-state index contributed by atoms with van der Waals surface area (Å²) in [6, 6.07) is 19.1. The highest BCUT2D eigenvalue weighted by atomic mass is 19.4. The highest BCUT2D eigenvalue weighted by Crippen LogP contribution is 2.63. The SMILES string of the molecule is CC(C)N(C(=O)c1cc2c(cc1C(F)(F)F)OC(C)(C)C(=O)N2CCN)C1C[C@]12CN(C(=O)OC(C)(C)C)CCC2c1cccc(-c2ccccc2)c1. The van der Waals surface area contributed by atoms with Gasteiger partial charge in [0.2, 0.25) is 0 Å². The topological polar surface area (TPSA) is 105 Å². The Morgan fingerprint density at radius 2 is 1.70 bits per heavy atom. The first kappa shape index (κ1) is 38.2. The van der Waals surface area contributed by atoms with E-state index in [1.807, 2.05) is 42.5 Å². The highest BCUT2D eigenvalue weighted by molar-refractivity contribution is 6.05. The summed E-state index contributed by atoms with van der Waals surface area (Å²) in [6.45, 7) is 12.7. The number of piperidine rings is 1. The fraction of sp³-hybridized carbons (Fsp3) is 0.488. The van der Waals surface area contributed by atoms with E-state index in [0.29, 0.717) is 19.4 Å².